The molecule has 2 rings (SSSR count). The van der Waals surface area contributed by atoms with E-state index in [2.05, 4.69) is 0 Å². The van der Waals surface area contributed by atoms with Crippen molar-refractivity contribution in [1.82, 2.24) is 0 Å². The molecule has 0 aromatic heterocycles. The first-order valence-electron chi connectivity index (χ1n) is 9.36. The highest BCUT2D eigenvalue weighted by Gasteiger charge is 2.36. The van der Waals surface area contributed by atoms with Crippen molar-refractivity contribution in [2.24, 2.45) is 5.73 Å². The number of esters is 1. The Morgan fingerprint density at radius 1 is 1.30 bits per heavy atom. The number of benzene rings is 1. The number of nitriles is 1. The van der Waals surface area contributed by atoms with E-state index in [1.165, 1.54) is 13.0 Å². The summed E-state index contributed by atoms with van der Waals surface area (Å²) in [6, 6.07) is 6.72. The lowest BCUT2D eigenvalue weighted by atomic mass is 9.83. The van der Waals surface area contributed by atoms with Crippen molar-refractivity contribution in [2.75, 3.05) is 13.2 Å². The number of carbonyl (C=O) groups is 2. The molecular weight excluding hydrogens is 392 g/mol. The highest BCUT2D eigenvalue weighted by molar-refractivity contribution is 5.92. The molecule has 0 spiro atoms. The zero-order valence-corrected chi connectivity index (χ0v) is 17.2. The average molecular weight is 416 g/mol. The molecule has 0 fully saturated rings. The number of rotatable bonds is 8. The molecule has 2 atom stereocenters. The van der Waals surface area contributed by atoms with Gasteiger partial charge in [-0.25, -0.2) is 9.59 Å². The van der Waals surface area contributed by atoms with Gasteiger partial charge in [0.25, 0.3) is 0 Å². The summed E-state index contributed by atoms with van der Waals surface area (Å²) in [5, 5.41) is 18.8. The summed E-state index contributed by atoms with van der Waals surface area (Å²) in [6.07, 6.45) is -1.10. The van der Waals surface area contributed by atoms with Crippen LogP contribution in [0.2, 0.25) is 0 Å². The molecule has 0 amide bonds. The minimum atomic E-state index is -1.13. The third-order valence-electron chi connectivity index (χ3n) is 4.35. The maximum Gasteiger partial charge on any atom is 0.344 e. The number of carbonyl (C=O) groups excluding carboxylic acids is 1. The van der Waals surface area contributed by atoms with Gasteiger partial charge in [-0.3, -0.25) is 0 Å². The molecule has 0 saturated heterocycles. The van der Waals surface area contributed by atoms with E-state index in [1.807, 2.05) is 6.07 Å². The van der Waals surface area contributed by atoms with Crippen LogP contribution in [0.5, 0.6) is 11.5 Å². The molecule has 0 saturated carbocycles. The minimum absolute atomic E-state index is 0.0543. The first-order valence-corrected chi connectivity index (χ1v) is 9.36. The summed E-state index contributed by atoms with van der Waals surface area (Å²) in [5.74, 6) is -1.98. The highest BCUT2D eigenvalue weighted by Crippen LogP contribution is 2.42. The molecule has 0 radical (unpaired) electrons. The predicted octanol–water partition coefficient (Wildman–Crippen LogP) is 2.58. The van der Waals surface area contributed by atoms with Crippen LogP contribution < -0.4 is 15.2 Å². The first-order chi connectivity index (χ1) is 14.2. The lowest BCUT2D eigenvalue weighted by molar-refractivity contribution is -0.144. The Bertz CT molecular complexity index is 943. The second-order valence-electron chi connectivity index (χ2n) is 6.35. The molecule has 1 aromatic carbocycles. The van der Waals surface area contributed by atoms with E-state index in [0.29, 0.717) is 5.56 Å². The fourth-order valence-electron chi connectivity index (χ4n) is 3.00. The van der Waals surface area contributed by atoms with E-state index in [1.54, 1.807) is 32.9 Å². The number of aliphatic carboxylic acids is 1. The fraction of sp³-hybridized carbons (Fsp3) is 0.381. The Kier molecular flexibility index (Phi) is 7.31. The van der Waals surface area contributed by atoms with Gasteiger partial charge in [0.15, 0.2) is 17.6 Å². The van der Waals surface area contributed by atoms with E-state index in [0.717, 1.165) is 0 Å². The second-order valence-corrected chi connectivity index (χ2v) is 6.35. The molecule has 9 heteroatoms. The van der Waals surface area contributed by atoms with Gasteiger partial charge < -0.3 is 29.8 Å². The molecular formula is C21H24N2O7. The Morgan fingerprint density at radius 2 is 2.00 bits per heavy atom. The van der Waals surface area contributed by atoms with Gasteiger partial charge in [0.1, 0.15) is 17.4 Å². The van der Waals surface area contributed by atoms with Crippen LogP contribution in [0, 0.1) is 11.3 Å². The van der Waals surface area contributed by atoms with E-state index < -0.39 is 24.0 Å². The number of allylic oxidation sites excluding steroid dienone is 2. The van der Waals surface area contributed by atoms with Crippen molar-refractivity contribution < 1.29 is 33.6 Å². The minimum Gasteiger partial charge on any atom is -0.490 e. The molecule has 0 aliphatic carbocycles. The molecule has 1 aliphatic heterocycles. The maximum absolute atomic E-state index is 12.6. The van der Waals surface area contributed by atoms with E-state index in [-0.39, 0.29) is 47.5 Å². The van der Waals surface area contributed by atoms with Gasteiger partial charge in [0.05, 0.1) is 24.7 Å². The largest absolute Gasteiger partial charge is 0.490 e. The first kappa shape index (κ1) is 22.6. The number of carboxylic acid groups (broad SMARTS) is 1. The number of carboxylic acids is 1. The van der Waals surface area contributed by atoms with Crippen molar-refractivity contribution in [3.63, 3.8) is 0 Å². The summed E-state index contributed by atoms with van der Waals surface area (Å²) in [7, 11) is 0. The fourth-order valence-corrected chi connectivity index (χ4v) is 3.00. The lowest BCUT2D eigenvalue weighted by Crippen LogP contribution is -2.26. The van der Waals surface area contributed by atoms with Gasteiger partial charge in [0, 0.05) is 0 Å². The summed E-state index contributed by atoms with van der Waals surface area (Å²) in [6.45, 7) is 6.83. The average Bonchev–Trinajstić information content (AvgIpc) is 2.68. The SMILES string of the molecule is CCOC(=O)C1=C(C)OC(N)=C(C#N)C1c1ccc(OC(C)C(=O)O)c(OCC)c1. The summed E-state index contributed by atoms with van der Waals surface area (Å²) in [4.78, 5) is 23.7. The number of nitrogens with zero attached hydrogens (tertiary/aromatic N) is 1. The smallest absolute Gasteiger partial charge is 0.344 e. The lowest BCUT2D eigenvalue weighted by Gasteiger charge is -2.27. The second kappa shape index (κ2) is 9.69. The molecule has 3 N–H and O–H groups in total. The van der Waals surface area contributed by atoms with E-state index in [9.17, 15) is 14.9 Å². The monoisotopic (exact) mass is 416 g/mol. The molecule has 9 nitrogen and oxygen atoms in total. The summed E-state index contributed by atoms with van der Waals surface area (Å²) < 4.78 is 21.6. The van der Waals surface area contributed by atoms with Crippen LogP contribution in [0.4, 0.5) is 0 Å². The molecule has 1 aromatic rings. The molecule has 30 heavy (non-hydrogen) atoms. The van der Waals surface area contributed by atoms with Gasteiger partial charge in [-0.15, -0.1) is 0 Å². The van der Waals surface area contributed by atoms with E-state index in [4.69, 9.17) is 29.8 Å². The van der Waals surface area contributed by atoms with Crippen LogP contribution in [0.3, 0.4) is 0 Å². The standard InChI is InChI=1S/C21H24N2O7/c1-5-27-16-9-13(7-8-15(16)29-12(4)20(24)25)18-14(10-22)19(23)30-11(3)17(18)21(26)28-6-2/h7-9,12,18H,5-6,23H2,1-4H3,(H,24,25). The van der Waals surface area contributed by atoms with Crippen molar-refractivity contribution in [3.05, 3.63) is 46.6 Å². The summed E-state index contributed by atoms with van der Waals surface area (Å²) >= 11 is 0. The van der Waals surface area contributed by atoms with Crippen molar-refractivity contribution in [1.29, 1.82) is 5.26 Å². The predicted molar refractivity (Wildman–Crippen MR) is 105 cm³/mol. The Hall–Kier alpha value is -3.67. The topological polar surface area (TPSA) is 141 Å². The van der Waals surface area contributed by atoms with Gasteiger partial charge >= 0.3 is 11.9 Å². The van der Waals surface area contributed by atoms with Crippen molar-refractivity contribution in [3.8, 4) is 17.6 Å². The van der Waals surface area contributed by atoms with Crippen LogP contribution in [0.1, 0.15) is 39.2 Å². The molecule has 160 valence electrons. The molecule has 1 heterocycles. The van der Waals surface area contributed by atoms with Crippen LogP contribution >= 0.6 is 0 Å². The third kappa shape index (κ3) is 4.66. The third-order valence-corrected chi connectivity index (χ3v) is 4.35. The molecule has 2 unspecified atom stereocenters. The Balaban J connectivity index is 2.60. The quantitative estimate of drug-likeness (QED) is 0.611. The van der Waals surface area contributed by atoms with Crippen molar-refractivity contribution >= 4 is 11.9 Å². The van der Waals surface area contributed by atoms with Gasteiger partial charge in [-0.05, 0) is 45.4 Å². The van der Waals surface area contributed by atoms with Crippen LogP contribution in [0.15, 0.2) is 41.0 Å². The maximum atomic E-state index is 12.6. The highest BCUT2D eigenvalue weighted by atomic mass is 16.5. The van der Waals surface area contributed by atoms with Crippen molar-refractivity contribution in [2.45, 2.75) is 39.7 Å². The van der Waals surface area contributed by atoms with Gasteiger partial charge in [-0.2, -0.15) is 5.26 Å². The van der Waals surface area contributed by atoms with Crippen LogP contribution in [-0.2, 0) is 19.1 Å². The molecule has 0 bridgehead atoms. The van der Waals surface area contributed by atoms with Gasteiger partial charge in [0.2, 0.25) is 5.88 Å². The number of nitrogens with two attached hydrogens (primary N) is 1. The van der Waals surface area contributed by atoms with Gasteiger partial charge in [-0.1, -0.05) is 6.07 Å². The number of hydrogen-bond donors (Lipinski definition) is 2. The van der Waals surface area contributed by atoms with E-state index >= 15 is 0 Å². The van der Waals surface area contributed by atoms with Crippen LogP contribution in [0.25, 0.3) is 0 Å². The zero-order valence-electron chi connectivity index (χ0n) is 17.2. The Labute approximate surface area is 174 Å². The van der Waals surface area contributed by atoms with Crippen LogP contribution in [-0.4, -0.2) is 36.4 Å². The Morgan fingerprint density at radius 3 is 2.57 bits per heavy atom. The normalized spacial score (nSPS) is 17.0. The molecule has 1 aliphatic rings. The number of ether oxygens (including phenoxy) is 4. The number of hydrogen-bond acceptors (Lipinski definition) is 8. The summed E-state index contributed by atoms with van der Waals surface area (Å²) in [5.41, 5.74) is 6.62. The zero-order chi connectivity index (χ0) is 22.4.